The van der Waals surface area contributed by atoms with Crippen LogP contribution in [0.3, 0.4) is 0 Å². The number of hydrogen-bond acceptors (Lipinski definition) is 3. The minimum Gasteiger partial charge on any atom is -0.496 e. The van der Waals surface area contributed by atoms with Crippen molar-refractivity contribution in [2.45, 2.75) is 26.9 Å². The fourth-order valence-electron chi connectivity index (χ4n) is 2.41. The number of ether oxygens (including phenoxy) is 1. The van der Waals surface area contributed by atoms with E-state index >= 15 is 0 Å². The number of benzene rings is 1. The van der Waals surface area contributed by atoms with E-state index in [2.05, 4.69) is 5.10 Å². The summed E-state index contributed by atoms with van der Waals surface area (Å²) in [6, 6.07) is 5.81. The van der Waals surface area contributed by atoms with Gasteiger partial charge in [-0.25, -0.2) is 0 Å². The minimum absolute atomic E-state index is 0.695. The zero-order valence-electron chi connectivity index (χ0n) is 12.1. The lowest BCUT2D eigenvalue weighted by molar-refractivity contribution is 0.213. The molecule has 4 nitrogen and oxygen atoms in total. The summed E-state index contributed by atoms with van der Waals surface area (Å²) in [5, 5.41) is 15.0. The molecule has 0 aliphatic carbocycles. The largest absolute Gasteiger partial charge is 0.496 e. The first kappa shape index (κ1) is 13.6. The number of aliphatic hydroxyl groups is 1. The molecule has 1 aromatic heterocycles. The van der Waals surface area contributed by atoms with Gasteiger partial charge in [0.05, 0.1) is 12.8 Å². The zero-order chi connectivity index (χ0) is 14.2. The molecule has 0 radical (unpaired) electrons. The van der Waals surface area contributed by atoms with E-state index in [9.17, 15) is 5.11 Å². The summed E-state index contributed by atoms with van der Waals surface area (Å²) in [6.45, 7) is 5.87. The predicted molar refractivity (Wildman–Crippen MR) is 74.5 cm³/mol. The SMILES string of the molecule is COc1ccc(C)cc1C(O)c1c(C)nn(C)c1C. The molecule has 2 aromatic rings. The van der Waals surface area contributed by atoms with Crippen LogP contribution in [0.1, 0.15) is 34.2 Å². The van der Waals surface area contributed by atoms with Gasteiger partial charge in [-0.15, -0.1) is 0 Å². The molecule has 0 amide bonds. The van der Waals surface area contributed by atoms with E-state index in [1.807, 2.05) is 46.0 Å². The molecule has 102 valence electrons. The summed E-state index contributed by atoms with van der Waals surface area (Å²) in [7, 11) is 3.50. The summed E-state index contributed by atoms with van der Waals surface area (Å²) in [6.07, 6.45) is -0.719. The van der Waals surface area contributed by atoms with Gasteiger partial charge in [0.25, 0.3) is 0 Å². The van der Waals surface area contributed by atoms with Crippen LogP contribution >= 0.6 is 0 Å². The number of aryl methyl sites for hydroxylation is 3. The predicted octanol–water partition coefficient (Wildman–Crippen LogP) is 2.44. The third kappa shape index (κ3) is 2.36. The van der Waals surface area contributed by atoms with Crippen molar-refractivity contribution in [3.05, 3.63) is 46.3 Å². The quantitative estimate of drug-likeness (QED) is 0.922. The molecule has 2 rings (SSSR count). The molecule has 0 fully saturated rings. The van der Waals surface area contributed by atoms with Crippen LogP contribution in [0.25, 0.3) is 0 Å². The van der Waals surface area contributed by atoms with Gasteiger partial charge in [0.2, 0.25) is 0 Å². The summed E-state index contributed by atoms with van der Waals surface area (Å²) >= 11 is 0. The molecule has 1 aromatic carbocycles. The molecule has 1 heterocycles. The summed E-state index contributed by atoms with van der Waals surface area (Å²) in [5.74, 6) is 0.695. The Kier molecular flexibility index (Phi) is 3.62. The highest BCUT2D eigenvalue weighted by molar-refractivity contribution is 5.44. The van der Waals surface area contributed by atoms with Crippen LogP contribution in [0.2, 0.25) is 0 Å². The molecule has 0 saturated carbocycles. The molecule has 0 saturated heterocycles. The number of rotatable bonds is 3. The minimum atomic E-state index is -0.719. The van der Waals surface area contributed by atoms with E-state index in [-0.39, 0.29) is 0 Å². The molecule has 19 heavy (non-hydrogen) atoms. The van der Waals surface area contributed by atoms with Crippen LogP contribution in [-0.4, -0.2) is 22.0 Å². The Labute approximate surface area is 113 Å². The molecule has 0 aliphatic heterocycles. The number of hydrogen-bond donors (Lipinski definition) is 1. The van der Waals surface area contributed by atoms with Gasteiger partial charge in [0, 0.05) is 23.9 Å². The Morgan fingerprint density at radius 1 is 1.26 bits per heavy atom. The maximum Gasteiger partial charge on any atom is 0.125 e. The lowest BCUT2D eigenvalue weighted by Gasteiger charge is -2.16. The molecular weight excluding hydrogens is 240 g/mol. The highest BCUT2D eigenvalue weighted by Gasteiger charge is 2.22. The van der Waals surface area contributed by atoms with Crippen molar-refractivity contribution in [1.82, 2.24) is 9.78 Å². The summed E-state index contributed by atoms with van der Waals surface area (Å²) < 4.78 is 7.13. The van der Waals surface area contributed by atoms with Crippen LogP contribution in [0.4, 0.5) is 0 Å². The first-order chi connectivity index (χ1) is 8.95. The smallest absolute Gasteiger partial charge is 0.125 e. The standard InChI is InChI=1S/C15H20N2O2/c1-9-6-7-13(19-5)12(8-9)15(18)14-10(2)16-17(4)11(14)3/h6-8,15,18H,1-5H3. The number of aliphatic hydroxyl groups excluding tert-OH is 1. The first-order valence-electron chi connectivity index (χ1n) is 6.28. The molecule has 1 atom stereocenters. The second-order valence-corrected chi connectivity index (χ2v) is 4.86. The van der Waals surface area contributed by atoms with E-state index in [0.717, 1.165) is 28.1 Å². The second-order valence-electron chi connectivity index (χ2n) is 4.86. The van der Waals surface area contributed by atoms with Crippen molar-refractivity contribution in [2.75, 3.05) is 7.11 Å². The van der Waals surface area contributed by atoms with Crippen molar-refractivity contribution in [2.24, 2.45) is 7.05 Å². The molecule has 4 heteroatoms. The van der Waals surface area contributed by atoms with Crippen LogP contribution in [-0.2, 0) is 7.05 Å². The van der Waals surface area contributed by atoms with E-state index in [1.165, 1.54) is 0 Å². The van der Waals surface area contributed by atoms with Gasteiger partial charge in [0.1, 0.15) is 11.9 Å². The average Bonchev–Trinajstić information content (AvgIpc) is 2.62. The number of nitrogens with zero attached hydrogens (tertiary/aromatic N) is 2. The third-order valence-corrected chi connectivity index (χ3v) is 3.52. The van der Waals surface area contributed by atoms with Gasteiger partial charge in [-0.2, -0.15) is 5.10 Å². The van der Waals surface area contributed by atoms with Crippen LogP contribution in [0.5, 0.6) is 5.75 Å². The Morgan fingerprint density at radius 2 is 1.95 bits per heavy atom. The summed E-state index contributed by atoms with van der Waals surface area (Å²) in [4.78, 5) is 0. The normalized spacial score (nSPS) is 12.5. The molecule has 1 N–H and O–H groups in total. The number of methoxy groups -OCH3 is 1. The third-order valence-electron chi connectivity index (χ3n) is 3.52. The Balaban J connectivity index is 2.55. The van der Waals surface area contributed by atoms with Gasteiger partial charge in [-0.05, 0) is 32.9 Å². The lowest BCUT2D eigenvalue weighted by Crippen LogP contribution is -2.05. The first-order valence-corrected chi connectivity index (χ1v) is 6.28. The second kappa shape index (κ2) is 5.05. The molecule has 0 spiro atoms. The van der Waals surface area contributed by atoms with Gasteiger partial charge < -0.3 is 9.84 Å². The maximum absolute atomic E-state index is 10.7. The van der Waals surface area contributed by atoms with Gasteiger partial charge >= 0.3 is 0 Å². The molecule has 1 unspecified atom stereocenters. The van der Waals surface area contributed by atoms with Gasteiger partial charge in [0.15, 0.2) is 0 Å². The molecule has 0 bridgehead atoms. The lowest BCUT2D eigenvalue weighted by atomic mass is 9.97. The fraction of sp³-hybridized carbons (Fsp3) is 0.400. The highest BCUT2D eigenvalue weighted by Crippen LogP contribution is 2.33. The van der Waals surface area contributed by atoms with E-state index in [1.54, 1.807) is 11.8 Å². The monoisotopic (exact) mass is 260 g/mol. The Morgan fingerprint density at radius 3 is 2.47 bits per heavy atom. The van der Waals surface area contributed by atoms with E-state index < -0.39 is 6.10 Å². The molecule has 0 aliphatic rings. The Hall–Kier alpha value is -1.81. The summed E-state index contributed by atoms with van der Waals surface area (Å²) in [5.41, 5.74) is 4.53. The van der Waals surface area contributed by atoms with Crippen molar-refractivity contribution in [1.29, 1.82) is 0 Å². The van der Waals surface area contributed by atoms with Gasteiger partial charge in [-0.3, -0.25) is 4.68 Å². The fourth-order valence-corrected chi connectivity index (χ4v) is 2.41. The van der Waals surface area contributed by atoms with Crippen molar-refractivity contribution in [3.8, 4) is 5.75 Å². The van der Waals surface area contributed by atoms with Crippen LogP contribution in [0, 0.1) is 20.8 Å². The zero-order valence-corrected chi connectivity index (χ0v) is 12.1. The van der Waals surface area contributed by atoms with Crippen molar-refractivity contribution in [3.63, 3.8) is 0 Å². The Bertz CT molecular complexity index is 602. The highest BCUT2D eigenvalue weighted by atomic mass is 16.5. The van der Waals surface area contributed by atoms with Crippen molar-refractivity contribution >= 4 is 0 Å². The molecular formula is C15H20N2O2. The van der Waals surface area contributed by atoms with E-state index in [4.69, 9.17) is 4.74 Å². The van der Waals surface area contributed by atoms with Crippen molar-refractivity contribution < 1.29 is 9.84 Å². The topological polar surface area (TPSA) is 47.3 Å². The maximum atomic E-state index is 10.7. The van der Waals surface area contributed by atoms with Crippen LogP contribution in [0.15, 0.2) is 18.2 Å². The van der Waals surface area contributed by atoms with Gasteiger partial charge in [-0.1, -0.05) is 11.6 Å². The van der Waals surface area contributed by atoms with Crippen LogP contribution < -0.4 is 4.74 Å². The van der Waals surface area contributed by atoms with E-state index in [0.29, 0.717) is 5.75 Å². The average molecular weight is 260 g/mol. The number of aromatic nitrogens is 2.